The Morgan fingerprint density at radius 1 is 1.02 bits per heavy atom. The molecule has 0 fully saturated rings. The molecule has 0 spiro atoms. The third-order valence-electron chi connectivity index (χ3n) is 6.79. The Bertz CT molecular complexity index is 1470. The van der Waals surface area contributed by atoms with Crippen molar-refractivity contribution in [3.8, 4) is 22.8 Å². The zero-order valence-electron chi connectivity index (χ0n) is 22.9. The SMILES string of the molecule is Cl.Nc1nc(OC(c2ccc(-c3cccc(OCC(F)(F)F)c3)cc2)C(F)(F)F)cc(C2=CCC(CC(N)C(=O)O)CC2)n1. The normalized spacial score (nSPS) is 16.7. The van der Waals surface area contributed by atoms with E-state index < -0.39 is 37.1 Å². The number of nitrogens with zero attached hydrogens (tertiary/aromatic N) is 2. The molecule has 1 aromatic heterocycles. The molecule has 3 unspecified atom stereocenters. The second kappa shape index (κ2) is 14.2. The molecule has 0 aliphatic heterocycles. The highest BCUT2D eigenvalue weighted by atomic mass is 35.5. The summed E-state index contributed by atoms with van der Waals surface area (Å²) in [4.78, 5) is 19.0. The average Bonchev–Trinajstić information content (AvgIpc) is 2.94. The molecule has 0 saturated carbocycles. The molecule has 0 saturated heterocycles. The molecule has 5 N–H and O–H groups in total. The lowest BCUT2D eigenvalue weighted by molar-refractivity contribution is -0.198. The topological polar surface area (TPSA) is 134 Å². The molecule has 44 heavy (non-hydrogen) atoms. The highest BCUT2D eigenvalue weighted by Crippen LogP contribution is 2.39. The van der Waals surface area contributed by atoms with Crippen LogP contribution in [0.4, 0.5) is 32.3 Å². The zero-order valence-corrected chi connectivity index (χ0v) is 23.8. The summed E-state index contributed by atoms with van der Waals surface area (Å²) in [6.45, 7) is -1.48. The van der Waals surface area contributed by atoms with Crippen LogP contribution < -0.4 is 20.9 Å². The number of ether oxygens (including phenoxy) is 2. The van der Waals surface area contributed by atoms with Crippen LogP contribution in [0.25, 0.3) is 16.7 Å². The Labute approximate surface area is 254 Å². The van der Waals surface area contributed by atoms with E-state index in [1.54, 1.807) is 6.07 Å². The maximum atomic E-state index is 14.1. The molecule has 0 amide bonds. The minimum Gasteiger partial charge on any atom is -0.484 e. The van der Waals surface area contributed by atoms with Crippen LogP contribution in [0.2, 0.25) is 0 Å². The summed E-state index contributed by atoms with van der Waals surface area (Å²) in [5, 5.41) is 9.03. The number of aliphatic carboxylic acids is 1. The second-order valence-corrected chi connectivity index (χ2v) is 10.1. The third-order valence-corrected chi connectivity index (χ3v) is 6.79. The van der Waals surface area contributed by atoms with Crippen LogP contribution in [0.15, 0.2) is 60.7 Å². The van der Waals surface area contributed by atoms with E-state index in [-0.39, 0.29) is 41.5 Å². The van der Waals surface area contributed by atoms with Crippen LogP contribution in [-0.2, 0) is 4.79 Å². The van der Waals surface area contributed by atoms with E-state index in [1.807, 2.05) is 6.08 Å². The number of carboxylic acids is 1. The predicted molar refractivity (Wildman–Crippen MR) is 152 cm³/mol. The first kappa shape index (κ1) is 34.5. The van der Waals surface area contributed by atoms with Crippen LogP contribution in [-0.4, -0.2) is 46.0 Å². The minimum absolute atomic E-state index is 0. The van der Waals surface area contributed by atoms with Crippen LogP contribution >= 0.6 is 12.4 Å². The Hall–Kier alpha value is -4.04. The Kier molecular flexibility index (Phi) is 11.1. The molecule has 3 atom stereocenters. The van der Waals surface area contributed by atoms with Gasteiger partial charge in [-0.25, -0.2) is 4.98 Å². The fourth-order valence-corrected chi connectivity index (χ4v) is 4.69. The lowest BCUT2D eigenvalue weighted by atomic mass is 9.84. The molecule has 2 aromatic carbocycles. The van der Waals surface area contributed by atoms with Crippen molar-refractivity contribution in [3.63, 3.8) is 0 Å². The van der Waals surface area contributed by atoms with Gasteiger partial charge in [0.15, 0.2) is 6.61 Å². The van der Waals surface area contributed by atoms with Gasteiger partial charge in [0.25, 0.3) is 0 Å². The van der Waals surface area contributed by atoms with Crippen molar-refractivity contribution in [2.45, 2.75) is 50.2 Å². The number of halogens is 7. The molecular weight excluding hydrogens is 618 g/mol. The summed E-state index contributed by atoms with van der Waals surface area (Å²) < 4.78 is 89.9. The quantitative estimate of drug-likeness (QED) is 0.206. The van der Waals surface area contributed by atoms with E-state index >= 15 is 0 Å². The molecule has 8 nitrogen and oxygen atoms in total. The molecule has 238 valence electrons. The van der Waals surface area contributed by atoms with E-state index in [1.165, 1.54) is 48.5 Å². The van der Waals surface area contributed by atoms with Gasteiger partial charge < -0.3 is 26.0 Å². The molecule has 1 aliphatic rings. The van der Waals surface area contributed by atoms with E-state index in [4.69, 9.17) is 26.0 Å². The summed E-state index contributed by atoms with van der Waals surface area (Å²) in [6.07, 6.45) is -8.03. The van der Waals surface area contributed by atoms with Crippen molar-refractivity contribution in [1.29, 1.82) is 0 Å². The van der Waals surface area contributed by atoms with Gasteiger partial charge >= 0.3 is 18.3 Å². The first-order valence-electron chi connectivity index (χ1n) is 13.1. The zero-order chi connectivity index (χ0) is 31.4. The van der Waals surface area contributed by atoms with E-state index in [0.29, 0.717) is 48.1 Å². The number of alkyl halides is 6. The van der Waals surface area contributed by atoms with E-state index in [2.05, 4.69) is 9.97 Å². The van der Waals surface area contributed by atoms with Gasteiger partial charge in [0.05, 0.1) is 5.69 Å². The number of nitrogens with two attached hydrogens (primary N) is 2. The molecular formula is C29H29ClF6N4O4. The van der Waals surface area contributed by atoms with Gasteiger partial charge in [0.2, 0.25) is 17.9 Å². The second-order valence-electron chi connectivity index (χ2n) is 10.1. The number of nitrogen functional groups attached to an aromatic ring is 1. The summed E-state index contributed by atoms with van der Waals surface area (Å²) in [7, 11) is 0. The van der Waals surface area contributed by atoms with Gasteiger partial charge in [-0.15, -0.1) is 12.4 Å². The minimum atomic E-state index is -4.84. The highest BCUT2D eigenvalue weighted by Gasteiger charge is 2.43. The smallest absolute Gasteiger partial charge is 0.429 e. The van der Waals surface area contributed by atoms with Crippen molar-refractivity contribution >= 4 is 29.9 Å². The number of hydrogen-bond donors (Lipinski definition) is 3. The van der Waals surface area contributed by atoms with Crippen LogP contribution in [0.1, 0.15) is 43.0 Å². The van der Waals surface area contributed by atoms with Crippen LogP contribution in [0, 0.1) is 5.92 Å². The lowest BCUT2D eigenvalue weighted by Gasteiger charge is -2.24. The standard InChI is InChI=1S/C29H28F6N4O4.ClH/c30-28(31,32)15-42-21-3-1-2-20(13-21)17-8-10-19(11-9-17)25(29(33,34)35)43-24-14-23(38-27(37)39-24)18-6-4-16(5-7-18)12-22(36)26(40)41;/h1-3,6,8-11,13-14,16,22,25H,4-5,7,12,15,36H2,(H,40,41)(H2,37,38,39);1H. The van der Waals surface area contributed by atoms with Gasteiger partial charge in [-0.3, -0.25) is 4.79 Å². The van der Waals surface area contributed by atoms with E-state index in [0.717, 1.165) is 0 Å². The summed E-state index contributed by atoms with van der Waals surface area (Å²) in [6, 6.07) is 11.2. The number of anilines is 1. The first-order valence-corrected chi connectivity index (χ1v) is 13.1. The lowest BCUT2D eigenvalue weighted by Crippen LogP contribution is -2.32. The fourth-order valence-electron chi connectivity index (χ4n) is 4.69. The first-order chi connectivity index (χ1) is 20.2. The largest absolute Gasteiger partial charge is 0.484 e. The number of allylic oxidation sites excluding steroid dienone is 2. The predicted octanol–water partition coefficient (Wildman–Crippen LogP) is 6.76. The van der Waals surface area contributed by atoms with Crippen molar-refractivity contribution in [2.75, 3.05) is 12.3 Å². The summed E-state index contributed by atoms with van der Waals surface area (Å²) in [5.74, 6) is -1.76. The van der Waals surface area contributed by atoms with Crippen LogP contribution in [0.5, 0.6) is 11.6 Å². The fraction of sp³-hybridized carbons (Fsp3) is 0.345. The Balaban J connectivity index is 0.00000529. The van der Waals surface area contributed by atoms with E-state index in [9.17, 15) is 31.1 Å². The Morgan fingerprint density at radius 2 is 1.73 bits per heavy atom. The maximum absolute atomic E-state index is 14.1. The third kappa shape index (κ3) is 9.48. The Morgan fingerprint density at radius 3 is 2.32 bits per heavy atom. The molecule has 4 rings (SSSR count). The summed E-state index contributed by atoms with van der Waals surface area (Å²) in [5.41, 5.74) is 13.1. The molecule has 15 heteroatoms. The average molecular weight is 647 g/mol. The number of benzene rings is 2. The molecule has 0 radical (unpaired) electrons. The number of aromatic nitrogens is 2. The van der Waals surface area contributed by atoms with Crippen molar-refractivity contribution < 1.29 is 45.7 Å². The molecule has 1 aliphatic carbocycles. The number of rotatable bonds is 10. The molecule has 0 bridgehead atoms. The molecule has 1 heterocycles. The van der Waals surface area contributed by atoms with Gasteiger partial charge in [-0.2, -0.15) is 31.3 Å². The van der Waals surface area contributed by atoms with Gasteiger partial charge in [0, 0.05) is 11.6 Å². The van der Waals surface area contributed by atoms with Crippen molar-refractivity contribution in [2.24, 2.45) is 11.7 Å². The van der Waals surface area contributed by atoms with Crippen LogP contribution in [0.3, 0.4) is 0 Å². The number of carboxylic acid groups (broad SMARTS) is 1. The van der Waals surface area contributed by atoms with Gasteiger partial charge in [-0.05, 0) is 60.4 Å². The van der Waals surface area contributed by atoms with Crippen molar-refractivity contribution in [1.82, 2.24) is 9.97 Å². The maximum Gasteiger partial charge on any atom is 0.429 e. The highest BCUT2D eigenvalue weighted by molar-refractivity contribution is 5.85. The van der Waals surface area contributed by atoms with Gasteiger partial charge in [0.1, 0.15) is 11.8 Å². The molecule has 3 aromatic rings. The number of hydrogen-bond acceptors (Lipinski definition) is 7. The number of carbonyl (C=O) groups is 1. The monoisotopic (exact) mass is 646 g/mol. The van der Waals surface area contributed by atoms with Crippen molar-refractivity contribution in [3.05, 3.63) is 71.9 Å². The summed E-state index contributed by atoms with van der Waals surface area (Å²) >= 11 is 0. The van der Waals surface area contributed by atoms with Gasteiger partial charge in [-0.1, -0.05) is 42.5 Å².